The van der Waals surface area contributed by atoms with Gasteiger partial charge in [0.2, 0.25) is 0 Å². The van der Waals surface area contributed by atoms with Gasteiger partial charge >= 0.3 is 0 Å². The lowest BCUT2D eigenvalue weighted by Crippen LogP contribution is -2.45. The Hall–Kier alpha value is -0.0600. The van der Waals surface area contributed by atoms with Gasteiger partial charge in [-0.2, -0.15) is 11.8 Å². The molecule has 0 bridgehead atoms. The lowest BCUT2D eigenvalue weighted by Gasteiger charge is -2.38. The highest BCUT2D eigenvalue weighted by Crippen LogP contribution is 2.41. The second kappa shape index (κ2) is 5.51. The predicted molar refractivity (Wildman–Crippen MR) is 71.9 cm³/mol. The van der Waals surface area contributed by atoms with Crippen molar-refractivity contribution in [2.75, 3.05) is 24.7 Å². The molecular formula is C14H22O3S. The van der Waals surface area contributed by atoms with Gasteiger partial charge < -0.3 is 9.47 Å². The molecule has 3 saturated heterocycles. The summed E-state index contributed by atoms with van der Waals surface area (Å²) >= 11 is 1.96. The van der Waals surface area contributed by atoms with Crippen LogP contribution >= 0.6 is 11.8 Å². The van der Waals surface area contributed by atoms with Gasteiger partial charge in [-0.15, -0.1) is 0 Å². The largest absolute Gasteiger partial charge is 0.374 e. The third-order valence-electron chi connectivity index (χ3n) is 4.46. The van der Waals surface area contributed by atoms with Gasteiger partial charge in [-0.05, 0) is 44.3 Å². The van der Waals surface area contributed by atoms with E-state index in [2.05, 4.69) is 0 Å². The number of thioether (sulfide) groups is 1. The minimum atomic E-state index is -0.118. The maximum Gasteiger partial charge on any atom is 0.164 e. The lowest BCUT2D eigenvalue weighted by molar-refractivity contribution is -0.147. The highest BCUT2D eigenvalue weighted by molar-refractivity contribution is 7.99. The minimum absolute atomic E-state index is 0.0118. The summed E-state index contributed by atoms with van der Waals surface area (Å²) in [5.74, 6) is 2.79. The Labute approximate surface area is 113 Å². The summed E-state index contributed by atoms with van der Waals surface area (Å²) < 4.78 is 11.6. The van der Waals surface area contributed by atoms with Crippen molar-refractivity contribution >= 4 is 17.5 Å². The van der Waals surface area contributed by atoms with E-state index in [9.17, 15) is 4.79 Å². The van der Waals surface area contributed by atoms with Gasteiger partial charge in [0, 0.05) is 24.9 Å². The molecule has 3 atom stereocenters. The van der Waals surface area contributed by atoms with Crippen LogP contribution in [-0.2, 0) is 14.3 Å². The van der Waals surface area contributed by atoms with E-state index in [1.807, 2.05) is 11.8 Å². The van der Waals surface area contributed by atoms with Crippen LogP contribution in [0.3, 0.4) is 0 Å². The second-order valence-corrected chi connectivity index (χ2v) is 6.89. The molecule has 3 aliphatic heterocycles. The number of hydrogen-bond donors (Lipinski definition) is 0. The Kier molecular flexibility index (Phi) is 3.97. The van der Waals surface area contributed by atoms with E-state index in [4.69, 9.17) is 9.47 Å². The molecular weight excluding hydrogens is 248 g/mol. The first-order chi connectivity index (χ1) is 8.79. The highest BCUT2D eigenvalue weighted by atomic mass is 32.2. The van der Waals surface area contributed by atoms with E-state index in [1.165, 1.54) is 5.75 Å². The first kappa shape index (κ1) is 12.9. The van der Waals surface area contributed by atoms with Gasteiger partial charge in [0.05, 0.1) is 5.60 Å². The summed E-state index contributed by atoms with van der Waals surface area (Å²) in [5, 5.41) is 0. The molecule has 0 amide bonds. The molecule has 4 heteroatoms. The molecule has 3 heterocycles. The topological polar surface area (TPSA) is 35.5 Å². The van der Waals surface area contributed by atoms with E-state index in [0.717, 1.165) is 57.5 Å². The Morgan fingerprint density at radius 3 is 2.89 bits per heavy atom. The fourth-order valence-corrected chi connectivity index (χ4v) is 4.74. The fraction of sp³-hybridized carbons (Fsp3) is 0.929. The van der Waals surface area contributed by atoms with Crippen molar-refractivity contribution in [3.8, 4) is 0 Å². The zero-order valence-electron chi connectivity index (χ0n) is 10.9. The summed E-state index contributed by atoms with van der Waals surface area (Å²) in [7, 11) is 0. The van der Waals surface area contributed by atoms with Crippen LogP contribution in [0.25, 0.3) is 0 Å². The van der Waals surface area contributed by atoms with Crippen LogP contribution in [0.2, 0.25) is 0 Å². The van der Waals surface area contributed by atoms with Crippen LogP contribution < -0.4 is 0 Å². The Bertz CT molecular complexity index is 306. The van der Waals surface area contributed by atoms with Gasteiger partial charge in [-0.1, -0.05) is 0 Å². The van der Waals surface area contributed by atoms with E-state index < -0.39 is 0 Å². The van der Waals surface area contributed by atoms with Gasteiger partial charge in [0.25, 0.3) is 0 Å². The number of hydrogen-bond acceptors (Lipinski definition) is 4. The SMILES string of the molecule is O=C(C1CCOC2(CCSC2)C1)C1CCCCO1. The van der Waals surface area contributed by atoms with Crippen LogP contribution in [0.5, 0.6) is 0 Å². The number of carbonyl (C=O) groups excluding carboxylic acids is 1. The van der Waals surface area contributed by atoms with E-state index in [0.29, 0.717) is 5.78 Å². The molecule has 0 radical (unpaired) electrons. The molecule has 3 nitrogen and oxygen atoms in total. The number of rotatable bonds is 2. The standard InChI is InChI=1S/C14H22O3S/c15-13(12-3-1-2-6-16-12)11-4-7-17-14(9-11)5-8-18-10-14/h11-12H,1-10H2. The molecule has 3 fully saturated rings. The first-order valence-electron chi connectivity index (χ1n) is 7.16. The van der Waals surface area contributed by atoms with E-state index >= 15 is 0 Å². The normalized spacial score (nSPS) is 41.1. The monoisotopic (exact) mass is 270 g/mol. The average Bonchev–Trinajstić information content (AvgIpc) is 2.87. The zero-order chi connectivity index (χ0) is 12.4. The van der Waals surface area contributed by atoms with Gasteiger partial charge in [0.1, 0.15) is 6.10 Å². The van der Waals surface area contributed by atoms with Crippen LogP contribution in [0.1, 0.15) is 38.5 Å². The minimum Gasteiger partial charge on any atom is -0.374 e. The lowest BCUT2D eigenvalue weighted by atomic mass is 9.81. The van der Waals surface area contributed by atoms with E-state index in [1.54, 1.807) is 0 Å². The maximum absolute atomic E-state index is 12.5. The molecule has 0 saturated carbocycles. The van der Waals surface area contributed by atoms with Crippen molar-refractivity contribution in [1.29, 1.82) is 0 Å². The molecule has 0 aliphatic carbocycles. The zero-order valence-corrected chi connectivity index (χ0v) is 11.7. The Morgan fingerprint density at radius 1 is 1.22 bits per heavy atom. The number of ketones is 1. The van der Waals surface area contributed by atoms with Gasteiger partial charge in [0.15, 0.2) is 5.78 Å². The van der Waals surface area contributed by atoms with Crippen molar-refractivity contribution < 1.29 is 14.3 Å². The molecule has 0 aromatic heterocycles. The molecule has 18 heavy (non-hydrogen) atoms. The van der Waals surface area contributed by atoms with Crippen molar-refractivity contribution in [3.05, 3.63) is 0 Å². The number of carbonyl (C=O) groups is 1. The summed E-state index contributed by atoms with van der Waals surface area (Å²) in [6.45, 7) is 1.52. The van der Waals surface area contributed by atoms with Crippen molar-refractivity contribution in [1.82, 2.24) is 0 Å². The smallest absolute Gasteiger partial charge is 0.164 e. The predicted octanol–water partition coefficient (Wildman–Crippen LogP) is 2.43. The molecule has 0 aromatic carbocycles. The molecule has 3 rings (SSSR count). The summed E-state index contributed by atoms with van der Waals surface area (Å²) in [5.41, 5.74) is 0.0118. The summed E-state index contributed by atoms with van der Waals surface area (Å²) in [6, 6.07) is 0. The number of ether oxygens (including phenoxy) is 2. The fourth-order valence-electron chi connectivity index (χ4n) is 3.36. The molecule has 3 unspecified atom stereocenters. The molecule has 102 valence electrons. The van der Waals surface area contributed by atoms with Crippen LogP contribution in [-0.4, -0.2) is 42.2 Å². The van der Waals surface area contributed by atoms with Crippen molar-refractivity contribution in [2.45, 2.75) is 50.2 Å². The number of Topliss-reactive ketones (excluding diaryl/α,β-unsaturated/α-hetero) is 1. The van der Waals surface area contributed by atoms with Crippen LogP contribution in [0.15, 0.2) is 0 Å². The van der Waals surface area contributed by atoms with Crippen LogP contribution in [0.4, 0.5) is 0 Å². The molecule has 0 aromatic rings. The molecule has 1 spiro atoms. The third kappa shape index (κ3) is 2.61. The second-order valence-electron chi connectivity index (χ2n) is 5.78. The van der Waals surface area contributed by atoms with Gasteiger partial charge in [-0.3, -0.25) is 4.79 Å². The highest BCUT2D eigenvalue weighted by Gasteiger charge is 2.43. The van der Waals surface area contributed by atoms with E-state index in [-0.39, 0.29) is 17.6 Å². The third-order valence-corrected chi connectivity index (χ3v) is 5.68. The van der Waals surface area contributed by atoms with Gasteiger partial charge in [-0.25, -0.2) is 0 Å². The molecule has 0 N–H and O–H groups in total. The summed E-state index contributed by atoms with van der Waals surface area (Å²) in [6.07, 6.45) is 6.00. The molecule has 3 aliphatic rings. The Morgan fingerprint density at radius 2 is 2.17 bits per heavy atom. The maximum atomic E-state index is 12.5. The first-order valence-corrected chi connectivity index (χ1v) is 8.32. The van der Waals surface area contributed by atoms with Crippen molar-refractivity contribution in [3.63, 3.8) is 0 Å². The Balaban J connectivity index is 1.62. The quantitative estimate of drug-likeness (QED) is 0.772. The van der Waals surface area contributed by atoms with Crippen molar-refractivity contribution in [2.24, 2.45) is 5.92 Å². The average molecular weight is 270 g/mol. The summed E-state index contributed by atoms with van der Waals surface area (Å²) in [4.78, 5) is 12.5. The van der Waals surface area contributed by atoms with Crippen LogP contribution in [0, 0.1) is 5.92 Å².